The van der Waals surface area contributed by atoms with Crippen molar-refractivity contribution in [2.45, 2.75) is 19.2 Å². The number of hydrogen-bond donors (Lipinski definition) is 0. The van der Waals surface area contributed by atoms with Gasteiger partial charge in [0.25, 0.3) is 0 Å². The van der Waals surface area contributed by atoms with Crippen LogP contribution in [0.1, 0.15) is 12.7 Å². The van der Waals surface area contributed by atoms with Gasteiger partial charge in [0.15, 0.2) is 17.2 Å². The van der Waals surface area contributed by atoms with Crippen LogP contribution in [0, 0.1) is 5.82 Å². The summed E-state index contributed by atoms with van der Waals surface area (Å²) in [6.45, 7) is 0.631. The fourth-order valence-electron chi connectivity index (χ4n) is 2.12. The van der Waals surface area contributed by atoms with Crippen molar-refractivity contribution in [3.05, 3.63) is 42.2 Å². The SMILES string of the molecule is CC(F)(F)c1nnc2cnc(-c3ccc(OC(F)(F)F)c(F)c3)cn12. The summed E-state index contributed by atoms with van der Waals surface area (Å²) in [7, 11) is 0. The highest BCUT2D eigenvalue weighted by atomic mass is 19.4. The molecule has 0 amide bonds. The molecular weight excluding hydrogens is 354 g/mol. The molecule has 1 aromatic carbocycles. The standard InChI is InChI=1S/C14H8F6N4O/c1-13(16,17)12-23-22-11-5-21-9(6-24(11)12)7-2-3-10(8(15)4-7)25-14(18,19)20/h2-6H,1H3. The Kier molecular flexibility index (Phi) is 3.81. The van der Waals surface area contributed by atoms with Crippen LogP contribution in [0.4, 0.5) is 26.3 Å². The summed E-state index contributed by atoms with van der Waals surface area (Å²) in [6, 6.07) is 2.64. The Morgan fingerprint density at radius 2 is 1.80 bits per heavy atom. The topological polar surface area (TPSA) is 52.3 Å². The fraction of sp³-hybridized carbons (Fsp3) is 0.214. The molecule has 25 heavy (non-hydrogen) atoms. The Morgan fingerprint density at radius 1 is 1.08 bits per heavy atom. The number of rotatable bonds is 3. The number of ether oxygens (including phenoxy) is 1. The zero-order valence-electron chi connectivity index (χ0n) is 12.4. The predicted octanol–water partition coefficient (Wildman–Crippen LogP) is 3.94. The van der Waals surface area contributed by atoms with Crippen molar-refractivity contribution in [2.24, 2.45) is 0 Å². The van der Waals surface area contributed by atoms with Gasteiger partial charge < -0.3 is 4.74 Å². The Labute approximate surface area is 135 Å². The van der Waals surface area contributed by atoms with Gasteiger partial charge in [0, 0.05) is 18.7 Å². The molecule has 0 N–H and O–H groups in total. The molecule has 0 saturated heterocycles. The quantitative estimate of drug-likeness (QED) is 0.663. The largest absolute Gasteiger partial charge is 0.573 e. The number of fused-ring (bicyclic) bond motifs is 1. The number of benzene rings is 1. The van der Waals surface area contributed by atoms with Gasteiger partial charge in [-0.15, -0.1) is 23.4 Å². The van der Waals surface area contributed by atoms with Crippen molar-refractivity contribution >= 4 is 5.65 Å². The number of hydrogen-bond acceptors (Lipinski definition) is 4. The first-order valence-electron chi connectivity index (χ1n) is 6.69. The second-order valence-electron chi connectivity index (χ2n) is 5.11. The van der Waals surface area contributed by atoms with Crippen molar-refractivity contribution in [3.63, 3.8) is 0 Å². The van der Waals surface area contributed by atoms with E-state index in [9.17, 15) is 26.3 Å². The molecule has 0 aliphatic carbocycles. The van der Waals surface area contributed by atoms with Gasteiger partial charge in [0.1, 0.15) is 0 Å². The molecule has 3 rings (SSSR count). The van der Waals surface area contributed by atoms with Crippen LogP contribution in [0.3, 0.4) is 0 Å². The molecule has 0 aliphatic rings. The van der Waals surface area contributed by atoms with E-state index in [1.54, 1.807) is 0 Å². The number of nitrogens with zero attached hydrogens (tertiary/aromatic N) is 4. The molecule has 0 spiro atoms. The first-order valence-corrected chi connectivity index (χ1v) is 6.69. The van der Waals surface area contributed by atoms with Gasteiger partial charge in [0.2, 0.25) is 5.82 Å². The maximum absolute atomic E-state index is 13.8. The van der Waals surface area contributed by atoms with E-state index in [1.165, 1.54) is 0 Å². The second kappa shape index (κ2) is 5.60. The summed E-state index contributed by atoms with van der Waals surface area (Å²) in [6.07, 6.45) is -2.76. The van der Waals surface area contributed by atoms with Crippen molar-refractivity contribution in [3.8, 4) is 17.0 Å². The zero-order valence-corrected chi connectivity index (χ0v) is 12.4. The third-order valence-corrected chi connectivity index (χ3v) is 3.14. The highest BCUT2D eigenvalue weighted by molar-refractivity contribution is 5.61. The minimum atomic E-state index is -5.04. The average Bonchev–Trinajstić information content (AvgIpc) is 2.91. The Balaban J connectivity index is 2.03. The maximum atomic E-state index is 13.8. The van der Waals surface area contributed by atoms with E-state index in [0.29, 0.717) is 6.92 Å². The molecule has 0 saturated carbocycles. The first kappa shape index (κ1) is 17.0. The summed E-state index contributed by atoms with van der Waals surface area (Å²) in [5.41, 5.74) is 0.140. The molecule has 3 aromatic rings. The van der Waals surface area contributed by atoms with Crippen LogP contribution in [0.5, 0.6) is 5.75 Å². The van der Waals surface area contributed by atoms with Gasteiger partial charge in [-0.3, -0.25) is 9.38 Å². The molecular formula is C14H8F6N4O. The van der Waals surface area contributed by atoms with Crippen LogP contribution in [0.25, 0.3) is 16.9 Å². The lowest BCUT2D eigenvalue weighted by atomic mass is 10.1. The zero-order chi connectivity index (χ0) is 18.4. The van der Waals surface area contributed by atoms with Gasteiger partial charge in [-0.1, -0.05) is 0 Å². The van der Waals surface area contributed by atoms with Gasteiger partial charge in [-0.2, -0.15) is 8.78 Å². The summed E-state index contributed by atoms with van der Waals surface area (Å²) in [5, 5.41) is 6.92. The molecule has 0 bridgehead atoms. The van der Waals surface area contributed by atoms with Gasteiger partial charge in [-0.05, 0) is 18.2 Å². The van der Waals surface area contributed by atoms with Crippen LogP contribution < -0.4 is 4.74 Å². The molecule has 132 valence electrons. The lowest BCUT2D eigenvalue weighted by Gasteiger charge is -2.11. The smallest absolute Gasteiger partial charge is 0.403 e. The second-order valence-corrected chi connectivity index (χ2v) is 5.11. The number of aromatic nitrogens is 4. The lowest BCUT2D eigenvalue weighted by molar-refractivity contribution is -0.275. The van der Waals surface area contributed by atoms with Crippen LogP contribution in [0.2, 0.25) is 0 Å². The molecule has 0 atom stereocenters. The highest BCUT2D eigenvalue weighted by Gasteiger charge is 2.33. The van der Waals surface area contributed by atoms with Gasteiger partial charge >= 0.3 is 12.3 Å². The van der Waals surface area contributed by atoms with Crippen molar-refractivity contribution in [1.82, 2.24) is 19.6 Å². The first-order chi connectivity index (χ1) is 11.5. The third-order valence-electron chi connectivity index (χ3n) is 3.14. The minimum Gasteiger partial charge on any atom is -0.403 e. The van der Waals surface area contributed by atoms with Crippen LogP contribution in [0.15, 0.2) is 30.6 Å². The highest BCUT2D eigenvalue weighted by Crippen LogP contribution is 2.30. The van der Waals surface area contributed by atoms with E-state index in [1.807, 2.05) is 0 Å². The molecule has 5 nitrogen and oxygen atoms in total. The summed E-state index contributed by atoms with van der Waals surface area (Å²) >= 11 is 0. The van der Waals surface area contributed by atoms with Crippen molar-refractivity contribution in [1.29, 1.82) is 0 Å². The van der Waals surface area contributed by atoms with Crippen molar-refractivity contribution < 1.29 is 31.1 Å². The average molecular weight is 362 g/mol. The molecule has 0 fully saturated rings. The van der Waals surface area contributed by atoms with Gasteiger partial charge in [-0.25, -0.2) is 4.39 Å². The Bertz CT molecular complexity index is 931. The van der Waals surface area contributed by atoms with E-state index < -0.39 is 29.7 Å². The fourth-order valence-corrected chi connectivity index (χ4v) is 2.12. The molecule has 2 heterocycles. The molecule has 2 aromatic heterocycles. The van der Waals surface area contributed by atoms with E-state index in [4.69, 9.17) is 0 Å². The van der Waals surface area contributed by atoms with E-state index in [-0.39, 0.29) is 16.9 Å². The van der Waals surface area contributed by atoms with Crippen LogP contribution in [-0.2, 0) is 5.92 Å². The Hall–Kier alpha value is -2.85. The van der Waals surface area contributed by atoms with E-state index in [2.05, 4.69) is 19.9 Å². The van der Waals surface area contributed by atoms with E-state index >= 15 is 0 Å². The molecule has 0 radical (unpaired) electrons. The van der Waals surface area contributed by atoms with Crippen molar-refractivity contribution in [2.75, 3.05) is 0 Å². The minimum absolute atomic E-state index is 0.0373. The maximum Gasteiger partial charge on any atom is 0.573 e. The Morgan fingerprint density at radius 3 is 2.40 bits per heavy atom. The van der Waals surface area contributed by atoms with Crippen LogP contribution >= 0.6 is 0 Å². The normalized spacial score (nSPS) is 12.6. The summed E-state index contributed by atoms with van der Waals surface area (Å²) in [4.78, 5) is 3.92. The number of halogens is 6. The molecule has 11 heteroatoms. The summed E-state index contributed by atoms with van der Waals surface area (Å²) < 4.78 is 81.7. The monoisotopic (exact) mass is 362 g/mol. The molecule has 0 unspecified atom stereocenters. The lowest BCUT2D eigenvalue weighted by Crippen LogP contribution is -2.17. The van der Waals surface area contributed by atoms with E-state index in [0.717, 1.165) is 35.0 Å². The number of alkyl halides is 5. The summed E-state index contributed by atoms with van der Waals surface area (Å²) in [5.74, 6) is -6.22. The predicted molar refractivity (Wildman–Crippen MR) is 72.4 cm³/mol. The van der Waals surface area contributed by atoms with Crippen LogP contribution in [-0.4, -0.2) is 25.9 Å². The van der Waals surface area contributed by atoms with Gasteiger partial charge in [0.05, 0.1) is 11.9 Å². The molecule has 0 aliphatic heterocycles. The third kappa shape index (κ3) is 3.49.